The molecule has 0 aliphatic carbocycles. The molecule has 2 aromatic rings. The standard InChI is InChI=1S/C15H20N2OS/c18-15-16-14-12(6-4-8-13(14)19-15)7-5-11-17-9-2-1-3-10-17/h4,6,8H,1-3,5,7,9-11H2,(H,16,18). The van der Waals surface area contributed by atoms with Crippen LogP contribution in [-0.4, -0.2) is 29.5 Å². The molecule has 0 unspecified atom stereocenters. The van der Waals surface area contributed by atoms with Crippen LogP contribution in [0.1, 0.15) is 31.2 Å². The lowest BCUT2D eigenvalue weighted by Gasteiger charge is -2.26. The third-order valence-corrected chi connectivity index (χ3v) is 4.76. The van der Waals surface area contributed by atoms with Gasteiger partial charge in [0, 0.05) is 0 Å². The number of aryl methyl sites for hydroxylation is 1. The average Bonchev–Trinajstić information content (AvgIpc) is 2.81. The molecule has 1 aromatic carbocycles. The summed E-state index contributed by atoms with van der Waals surface area (Å²) in [6.45, 7) is 3.71. The molecule has 4 heteroatoms. The van der Waals surface area contributed by atoms with Gasteiger partial charge in [-0.3, -0.25) is 4.79 Å². The van der Waals surface area contributed by atoms with Crippen LogP contribution in [-0.2, 0) is 6.42 Å². The molecule has 19 heavy (non-hydrogen) atoms. The van der Waals surface area contributed by atoms with Gasteiger partial charge in [-0.05, 0) is 56.9 Å². The topological polar surface area (TPSA) is 36.1 Å². The second-order valence-corrected chi connectivity index (χ2v) is 6.33. The number of fused-ring (bicyclic) bond motifs is 1. The highest BCUT2D eigenvalue weighted by molar-refractivity contribution is 7.16. The van der Waals surface area contributed by atoms with Gasteiger partial charge in [0.05, 0.1) is 10.2 Å². The van der Waals surface area contributed by atoms with Crippen molar-refractivity contribution >= 4 is 21.6 Å². The van der Waals surface area contributed by atoms with Gasteiger partial charge in [0.25, 0.3) is 0 Å². The Bertz CT molecular complexity index is 595. The number of benzene rings is 1. The molecule has 1 aliphatic rings. The largest absolute Gasteiger partial charge is 0.312 e. The van der Waals surface area contributed by atoms with Crippen molar-refractivity contribution in [1.82, 2.24) is 9.88 Å². The summed E-state index contributed by atoms with van der Waals surface area (Å²) >= 11 is 1.31. The van der Waals surface area contributed by atoms with Gasteiger partial charge in [-0.25, -0.2) is 0 Å². The molecule has 0 saturated carbocycles. The summed E-state index contributed by atoms with van der Waals surface area (Å²) in [4.78, 5) is 17.0. The summed E-state index contributed by atoms with van der Waals surface area (Å²) in [6, 6.07) is 6.22. The summed E-state index contributed by atoms with van der Waals surface area (Å²) in [6.07, 6.45) is 6.34. The molecule has 0 bridgehead atoms. The first kappa shape index (κ1) is 12.9. The second-order valence-electron chi connectivity index (χ2n) is 5.31. The number of para-hydroxylation sites is 1. The fraction of sp³-hybridized carbons (Fsp3) is 0.533. The van der Waals surface area contributed by atoms with Gasteiger partial charge in [-0.1, -0.05) is 29.9 Å². The van der Waals surface area contributed by atoms with Crippen molar-refractivity contribution in [3.8, 4) is 0 Å². The summed E-state index contributed by atoms with van der Waals surface area (Å²) in [5, 5.41) is 0. The van der Waals surface area contributed by atoms with E-state index in [2.05, 4.69) is 22.0 Å². The molecule has 102 valence electrons. The molecule has 1 N–H and O–H groups in total. The van der Waals surface area contributed by atoms with E-state index in [1.165, 1.54) is 62.2 Å². The van der Waals surface area contributed by atoms with E-state index in [9.17, 15) is 4.79 Å². The number of aromatic nitrogens is 1. The minimum atomic E-state index is 0.0541. The number of thiazole rings is 1. The second kappa shape index (κ2) is 5.88. The van der Waals surface area contributed by atoms with Gasteiger partial charge in [0.1, 0.15) is 0 Å². The lowest BCUT2D eigenvalue weighted by Crippen LogP contribution is -2.30. The van der Waals surface area contributed by atoms with Gasteiger partial charge in [0.2, 0.25) is 0 Å². The van der Waals surface area contributed by atoms with Crippen LogP contribution in [0.25, 0.3) is 10.2 Å². The van der Waals surface area contributed by atoms with E-state index >= 15 is 0 Å². The highest BCUT2D eigenvalue weighted by Crippen LogP contribution is 2.20. The number of H-pyrrole nitrogens is 1. The maximum Gasteiger partial charge on any atom is 0.305 e. The van der Waals surface area contributed by atoms with Gasteiger partial charge in [0.15, 0.2) is 0 Å². The molecule has 3 rings (SSSR count). The Kier molecular flexibility index (Phi) is 3.99. The Balaban J connectivity index is 1.63. The molecule has 1 fully saturated rings. The Morgan fingerprint density at radius 2 is 2.05 bits per heavy atom. The van der Waals surface area contributed by atoms with Crippen molar-refractivity contribution in [2.24, 2.45) is 0 Å². The number of rotatable bonds is 4. The number of hydrogen-bond donors (Lipinski definition) is 1. The van der Waals surface area contributed by atoms with E-state index in [4.69, 9.17) is 0 Å². The van der Waals surface area contributed by atoms with Gasteiger partial charge in [-0.2, -0.15) is 0 Å². The lowest BCUT2D eigenvalue weighted by atomic mass is 10.1. The maximum atomic E-state index is 11.4. The van der Waals surface area contributed by atoms with Crippen molar-refractivity contribution in [2.75, 3.05) is 19.6 Å². The van der Waals surface area contributed by atoms with Crippen LogP contribution in [0.3, 0.4) is 0 Å². The molecular weight excluding hydrogens is 256 g/mol. The van der Waals surface area contributed by atoms with Crippen LogP contribution < -0.4 is 4.87 Å². The van der Waals surface area contributed by atoms with Crippen molar-refractivity contribution in [3.05, 3.63) is 33.4 Å². The molecule has 2 heterocycles. The van der Waals surface area contributed by atoms with Crippen molar-refractivity contribution < 1.29 is 0 Å². The normalized spacial score (nSPS) is 17.1. The van der Waals surface area contributed by atoms with Crippen LogP contribution in [0.2, 0.25) is 0 Å². The predicted molar refractivity (Wildman–Crippen MR) is 81.1 cm³/mol. The summed E-state index contributed by atoms with van der Waals surface area (Å²) < 4.78 is 1.08. The average molecular weight is 276 g/mol. The Morgan fingerprint density at radius 3 is 2.89 bits per heavy atom. The highest BCUT2D eigenvalue weighted by Gasteiger charge is 2.10. The first-order valence-corrected chi connectivity index (χ1v) is 7.98. The number of likely N-dealkylation sites (tertiary alicyclic amines) is 1. The zero-order valence-corrected chi connectivity index (χ0v) is 12.0. The highest BCUT2D eigenvalue weighted by atomic mass is 32.1. The quantitative estimate of drug-likeness (QED) is 0.932. The summed E-state index contributed by atoms with van der Waals surface area (Å²) in [5.41, 5.74) is 2.34. The molecule has 0 atom stereocenters. The van der Waals surface area contributed by atoms with E-state index in [-0.39, 0.29) is 4.87 Å². The molecule has 1 aromatic heterocycles. The SMILES string of the molecule is O=c1[nH]c2c(CCCN3CCCCC3)cccc2s1. The number of piperidine rings is 1. The molecule has 1 saturated heterocycles. The van der Waals surface area contributed by atoms with E-state index in [1.54, 1.807) is 0 Å². The van der Waals surface area contributed by atoms with Gasteiger partial charge >= 0.3 is 4.87 Å². The smallest absolute Gasteiger partial charge is 0.305 e. The number of nitrogens with one attached hydrogen (secondary N) is 1. The van der Waals surface area contributed by atoms with Crippen LogP contribution in [0, 0.1) is 0 Å². The summed E-state index contributed by atoms with van der Waals surface area (Å²) in [5.74, 6) is 0. The van der Waals surface area contributed by atoms with E-state index in [0.29, 0.717) is 0 Å². The van der Waals surface area contributed by atoms with E-state index < -0.39 is 0 Å². The van der Waals surface area contributed by atoms with Crippen LogP contribution >= 0.6 is 11.3 Å². The fourth-order valence-electron chi connectivity index (χ4n) is 2.92. The molecular formula is C15H20N2OS. The number of aromatic amines is 1. The minimum Gasteiger partial charge on any atom is -0.312 e. The molecule has 0 radical (unpaired) electrons. The monoisotopic (exact) mass is 276 g/mol. The Labute approximate surface area is 117 Å². The minimum absolute atomic E-state index is 0.0541. The van der Waals surface area contributed by atoms with Crippen LogP contribution in [0.5, 0.6) is 0 Å². The van der Waals surface area contributed by atoms with Crippen LogP contribution in [0.4, 0.5) is 0 Å². The molecule has 3 nitrogen and oxygen atoms in total. The Morgan fingerprint density at radius 1 is 1.21 bits per heavy atom. The van der Waals surface area contributed by atoms with Crippen molar-refractivity contribution in [3.63, 3.8) is 0 Å². The van der Waals surface area contributed by atoms with Crippen molar-refractivity contribution in [1.29, 1.82) is 0 Å². The maximum absolute atomic E-state index is 11.4. The number of nitrogens with zero attached hydrogens (tertiary/aromatic N) is 1. The van der Waals surface area contributed by atoms with Crippen molar-refractivity contribution in [2.45, 2.75) is 32.1 Å². The molecule has 0 amide bonds. The third-order valence-electron chi connectivity index (χ3n) is 3.91. The molecule has 0 spiro atoms. The van der Waals surface area contributed by atoms with E-state index in [1.807, 2.05) is 6.07 Å². The zero-order valence-electron chi connectivity index (χ0n) is 11.2. The Hall–Kier alpha value is -1.13. The zero-order chi connectivity index (χ0) is 13.1. The summed E-state index contributed by atoms with van der Waals surface area (Å²) in [7, 11) is 0. The predicted octanol–water partition coefficient (Wildman–Crippen LogP) is 3.01. The van der Waals surface area contributed by atoms with Gasteiger partial charge in [-0.15, -0.1) is 0 Å². The molecule has 1 aliphatic heterocycles. The lowest BCUT2D eigenvalue weighted by molar-refractivity contribution is 0.226. The third kappa shape index (κ3) is 3.07. The first-order chi connectivity index (χ1) is 9.33. The van der Waals surface area contributed by atoms with Gasteiger partial charge < -0.3 is 9.88 Å². The number of hydrogen-bond acceptors (Lipinski definition) is 3. The first-order valence-electron chi connectivity index (χ1n) is 7.16. The van der Waals surface area contributed by atoms with Crippen LogP contribution in [0.15, 0.2) is 23.0 Å². The van der Waals surface area contributed by atoms with E-state index in [0.717, 1.165) is 16.6 Å². The fourth-order valence-corrected chi connectivity index (χ4v) is 3.70.